The molecule has 30 heavy (non-hydrogen) atoms. The summed E-state index contributed by atoms with van der Waals surface area (Å²) in [5, 5.41) is 13.0. The number of halogens is 2. The van der Waals surface area contributed by atoms with Gasteiger partial charge in [-0.1, -0.05) is 29.8 Å². The summed E-state index contributed by atoms with van der Waals surface area (Å²) in [4.78, 5) is -0.157. The second-order valence-electron chi connectivity index (χ2n) is 6.15. The predicted molar refractivity (Wildman–Crippen MR) is 108 cm³/mol. The maximum absolute atomic E-state index is 13.2. The van der Waals surface area contributed by atoms with Crippen molar-refractivity contribution in [2.75, 3.05) is 13.2 Å². The highest BCUT2D eigenvalue weighted by Gasteiger charge is 2.15. The molecule has 0 aliphatic carbocycles. The van der Waals surface area contributed by atoms with Crippen LogP contribution in [0, 0.1) is 5.82 Å². The Hall–Kier alpha value is -3.08. The molecule has 1 N–H and O–H groups in total. The highest BCUT2D eigenvalue weighted by molar-refractivity contribution is 7.89. The van der Waals surface area contributed by atoms with Crippen LogP contribution in [0.3, 0.4) is 0 Å². The topological polar surface area (TPSA) is 98.5 Å². The van der Waals surface area contributed by atoms with Gasteiger partial charge in [-0.15, -0.1) is 15.3 Å². The number of rotatable bonds is 7. The third-order valence-corrected chi connectivity index (χ3v) is 5.89. The van der Waals surface area contributed by atoms with Crippen molar-refractivity contribution in [2.45, 2.75) is 4.90 Å². The van der Waals surface area contributed by atoms with E-state index in [1.54, 1.807) is 24.3 Å². The standard InChI is InChI=1S/C19H15ClFN5O3S/c20-16-7-2-1-6-15(16)19-24-23-17-8-9-18(25-26(17)19)29-11-10-22-30(27,28)14-5-3-4-13(21)12-14/h1-9,12,22H,10-11H2. The summed E-state index contributed by atoms with van der Waals surface area (Å²) in [6.07, 6.45) is 0. The predicted octanol–water partition coefficient (Wildman–Crippen LogP) is 2.94. The Balaban J connectivity index is 1.45. The number of benzene rings is 2. The summed E-state index contributed by atoms with van der Waals surface area (Å²) < 4.78 is 47.0. The normalized spacial score (nSPS) is 11.7. The molecule has 0 aliphatic heterocycles. The zero-order chi connectivity index (χ0) is 21.1. The summed E-state index contributed by atoms with van der Waals surface area (Å²) >= 11 is 6.23. The highest BCUT2D eigenvalue weighted by atomic mass is 35.5. The molecular weight excluding hydrogens is 433 g/mol. The van der Waals surface area contributed by atoms with Gasteiger partial charge in [-0.05, 0) is 36.4 Å². The van der Waals surface area contributed by atoms with Crippen LogP contribution in [-0.2, 0) is 10.0 Å². The zero-order valence-corrected chi connectivity index (χ0v) is 16.9. The number of hydrogen-bond acceptors (Lipinski definition) is 6. The van der Waals surface area contributed by atoms with E-state index in [0.717, 1.165) is 6.07 Å². The first-order chi connectivity index (χ1) is 14.4. The Labute approximate surface area is 176 Å². The number of fused-ring (bicyclic) bond motifs is 1. The van der Waals surface area contributed by atoms with Crippen LogP contribution >= 0.6 is 11.6 Å². The fraction of sp³-hybridized carbons (Fsp3) is 0.105. The van der Waals surface area contributed by atoms with Crippen LogP contribution in [0.15, 0.2) is 65.6 Å². The van der Waals surface area contributed by atoms with Gasteiger partial charge in [0.25, 0.3) is 0 Å². The first-order valence-corrected chi connectivity index (χ1v) is 10.7. The highest BCUT2D eigenvalue weighted by Crippen LogP contribution is 2.26. The molecule has 2 aromatic heterocycles. The van der Waals surface area contributed by atoms with Crippen molar-refractivity contribution in [3.05, 3.63) is 71.5 Å². The zero-order valence-electron chi connectivity index (χ0n) is 15.4. The van der Waals surface area contributed by atoms with Gasteiger partial charge < -0.3 is 4.74 Å². The molecule has 2 aromatic carbocycles. The van der Waals surface area contributed by atoms with Crippen LogP contribution < -0.4 is 9.46 Å². The van der Waals surface area contributed by atoms with Crippen molar-refractivity contribution in [1.29, 1.82) is 0 Å². The molecule has 0 bridgehead atoms. The third kappa shape index (κ3) is 4.25. The number of nitrogens with one attached hydrogen (secondary N) is 1. The number of ether oxygens (including phenoxy) is 1. The van der Waals surface area contributed by atoms with E-state index in [9.17, 15) is 12.8 Å². The van der Waals surface area contributed by atoms with Gasteiger partial charge in [-0.25, -0.2) is 17.5 Å². The molecule has 0 unspecified atom stereocenters. The molecule has 0 amide bonds. The molecule has 4 aromatic rings. The van der Waals surface area contributed by atoms with Gasteiger partial charge in [0.15, 0.2) is 11.5 Å². The number of hydrogen-bond donors (Lipinski definition) is 1. The van der Waals surface area contributed by atoms with Crippen LogP contribution in [0.5, 0.6) is 5.88 Å². The fourth-order valence-electron chi connectivity index (χ4n) is 2.71. The first kappa shape index (κ1) is 20.2. The van der Waals surface area contributed by atoms with E-state index < -0.39 is 15.8 Å². The van der Waals surface area contributed by atoms with Gasteiger partial charge >= 0.3 is 0 Å². The molecule has 154 valence electrons. The first-order valence-electron chi connectivity index (χ1n) is 8.79. The Morgan fingerprint density at radius 1 is 1.07 bits per heavy atom. The fourth-order valence-corrected chi connectivity index (χ4v) is 3.97. The minimum atomic E-state index is -3.84. The number of nitrogens with zero attached hydrogens (tertiary/aromatic N) is 4. The van der Waals surface area contributed by atoms with Crippen LogP contribution in [-0.4, -0.2) is 41.4 Å². The monoisotopic (exact) mass is 447 g/mol. The van der Waals surface area contributed by atoms with Gasteiger partial charge in [0.2, 0.25) is 15.9 Å². The van der Waals surface area contributed by atoms with Crippen LogP contribution in [0.25, 0.3) is 17.0 Å². The lowest BCUT2D eigenvalue weighted by Crippen LogP contribution is -2.28. The van der Waals surface area contributed by atoms with Crippen molar-refractivity contribution in [3.63, 3.8) is 0 Å². The Kier molecular flexibility index (Phi) is 5.62. The molecule has 0 saturated carbocycles. The molecule has 0 aliphatic rings. The van der Waals surface area contributed by atoms with E-state index in [0.29, 0.717) is 22.1 Å². The molecule has 8 nitrogen and oxygen atoms in total. The van der Waals surface area contributed by atoms with E-state index in [4.69, 9.17) is 16.3 Å². The molecule has 11 heteroatoms. The van der Waals surface area contributed by atoms with E-state index >= 15 is 0 Å². The smallest absolute Gasteiger partial charge is 0.240 e. The second-order valence-corrected chi connectivity index (χ2v) is 8.32. The molecule has 0 atom stereocenters. The molecular formula is C19H15ClFN5O3S. The van der Waals surface area contributed by atoms with E-state index in [-0.39, 0.29) is 23.9 Å². The van der Waals surface area contributed by atoms with Crippen LogP contribution in [0.2, 0.25) is 5.02 Å². The largest absolute Gasteiger partial charge is 0.475 e. The van der Waals surface area contributed by atoms with Crippen molar-refractivity contribution < 1.29 is 17.5 Å². The Morgan fingerprint density at radius 2 is 1.90 bits per heavy atom. The van der Waals surface area contributed by atoms with Crippen molar-refractivity contribution >= 4 is 27.3 Å². The van der Waals surface area contributed by atoms with Crippen LogP contribution in [0.4, 0.5) is 4.39 Å². The van der Waals surface area contributed by atoms with E-state index in [1.807, 2.05) is 12.1 Å². The molecule has 0 fully saturated rings. The van der Waals surface area contributed by atoms with Crippen molar-refractivity contribution in [2.24, 2.45) is 0 Å². The van der Waals surface area contributed by atoms with E-state index in [1.165, 1.54) is 22.7 Å². The Morgan fingerprint density at radius 3 is 2.70 bits per heavy atom. The second kappa shape index (κ2) is 8.34. The molecule has 0 spiro atoms. The quantitative estimate of drug-likeness (QED) is 0.437. The third-order valence-electron chi connectivity index (χ3n) is 4.10. The van der Waals surface area contributed by atoms with Gasteiger partial charge in [0.1, 0.15) is 12.4 Å². The summed E-state index contributed by atoms with van der Waals surface area (Å²) in [5.41, 5.74) is 1.17. The maximum Gasteiger partial charge on any atom is 0.240 e. The average Bonchev–Trinajstić information content (AvgIpc) is 3.15. The molecule has 2 heterocycles. The lowest BCUT2D eigenvalue weighted by atomic mass is 10.2. The number of sulfonamides is 1. The number of aromatic nitrogens is 4. The summed E-state index contributed by atoms with van der Waals surface area (Å²) in [5.74, 6) is 0.0725. The van der Waals surface area contributed by atoms with Crippen LogP contribution in [0.1, 0.15) is 0 Å². The summed E-state index contributed by atoms with van der Waals surface area (Å²) in [6, 6.07) is 15.2. The Bertz CT molecular complexity index is 1310. The van der Waals surface area contributed by atoms with Crippen molar-refractivity contribution in [3.8, 4) is 17.3 Å². The summed E-state index contributed by atoms with van der Waals surface area (Å²) in [6.45, 7) is -0.0191. The minimum Gasteiger partial charge on any atom is -0.475 e. The molecule has 0 saturated heterocycles. The average molecular weight is 448 g/mol. The van der Waals surface area contributed by atoms with Crippen molar-refractivity contribution in [1.82, 2.24) is 24.5 Å². The minimum absolute atomic E-state index is 0.0105. The van der Waals surface area contributed by atoms with Gasteiger partial charge in [0.05, 0.1) is 9.92 Å². The molecule has 4 rings (SSSR count). The van der Waals surface area contributed by atoms with E-state index in [2.05, 4.69) is 20.0 Å². The van der Waals surface area contributed by atoms with Gasteiger partial charge in [-0.3, -0.25) is 0 Å². The lowest BCUT2D eigenvalue weighted by Gasteiger charge is -2.08. The van der Waals surface area contributed by atoms with Gasteiger partial charge in [0, 0.05) is 18.2 Å². The van der Waals surface area contributed by atoms with Gasteiger partial charge in [-0.2, -0.15) is 4.52 Å². The summed E-state index contributed by atoms with van der Waals surface area (Å²) in [7, 11) is -3.84. The maximum atomic E-state index is 13.2. The SMILES string of the molecule is O=S(=O)(NCCOc1ccc2nnc(-c3ccccc3Cl)n2n1)c1cccc(F)c1. The molecule has 0 radical (unpaired) electrons. The lowest BCUT2D eigenvalue weighted by molar-refractivity contribution is 0.306.